The summed E-state index contributed by atoms with van der Waals surface area (Å²) in [5, 5.41) is 29.5. The Kier molecular flexibility index (Phi) is 8.95. The van der Waals surface area contributed by atoms with E-state index in [9.17, 15) is 29.4 Å². The minimum Gasteiger partial charge on any atom is -0.505 e. The molecule has 214 valence electrons. The predicted molar refractivity (Wildman–Crippen MR) is 141 cm³/mol. The van der Waals surface area contributed by atoms with E-state index >= 15 is 0 Å². The maximum atomic E-state index is 13.7. The summed E-state index contributed by atoms with van der Waals surface area (Å²) in [6.07, 6.45) is 3.27. The van der Waals surface area contributed by atoms with Crippen molar-refractivity contribution in [2.45, 2.75) is 63.1 Å². The Balaban J connectivity index is 1.70. The number of carbonyl (C=O) groups excluding carboxylic acids is 4. The van der Waals surface area contributed by atoms with Crippen LogP contribution in [0.3, 0.4) is 0 Å². The lowest BCUT2D eigenvalue weighted by atomic mass is 9.90. The SMILES string of the molecule is C[C@H]1NC(=O)C(C2CCO2)N(C)C(=O)[C@H](C)[C@H](O)[C@H](Cc2cccnc2)NC(=O)[C@H]1NC(=O)c1ncccc1O. The monoisotopic (exact) mass is 554 g/mol. The highest BCUT2D eigenvalue weighted by atomic mass is 16.5. The van der Waals surface area contributed by atoms with Crippen LogP contribution in [0.4, 0.5) is 0 Å². The van der Waals surface area contributed by atoms with Gasteiger partial charge in [-0.1, -0.05) is 13.0 Å². The van der Waals surface area contributed by atoms with E-state index in [0.29, 0.717) is 18.6 Å². The minimum absolute atomic E-state index is 0.139. The number of ether oxygens (including phenoxy) is 1. The number of aromatic nitrogens is 2. The molecule has 13 heteroatoms. The molecule has 0 spiro atoms. The first-order chi connectivity index (χ1) is 19.1. The molecule has 0 radical (unpaired) electrons. The van der Waals surface area contributed by atoms with Gasteiger partial charge in [0.2, 0.25) is 17.7 Å². The van der Waals surface area contributed by atoms with E-state index in [1.54, 1.807) is 24.5 Å². The number of pyridine rings is 2. The number of aliphatic hydroxyl groups excluding tert-OH is 1. The second-order valence-electron chi connectivity index (χ2n) is 10.2. The van der Waals surface area contributed by atoms with E-state index in [4.69, 9.17) is 4.74 Å². The lowest BCUT2D eigenvalue weighted by Gasteiger charge is -2.41. The van der Waals surface area contributed by atoms with Crippen LogP contribution in [0.25, 0.3) is 0 Å². The van der Waals surface area contributed by atoms with E-state index in [1.165, 1.54) is 44.1 Å². The van der Waals surface area contributed by atoms with E-state index in [1.807, 2.05) is 0 Å². The zero-order valence-corrected chi connectivity index (χ0v) is 22.5. The van der Waals surface area contributed by atoms with Gasteiger partial charge in [0.05, 0.1) is 30.2 Å². The van der Waals surface area contributed by atoms with Gasteiger partial charge in [-0.2, -0.15) is 0 Å². The number of aromatic hydroxyl groups is 1. The highest BCUT2D eigenvalue weighted by Gasteiger charge is 2.44. The smallest absolute Gasteiger partial charge is 0.274 e. The molecule has 40 heavy (non-hydrogen) atoms. The molecule has 4 heterocycles. The topological polar surface area (TPSA) is 183 Å². The van der Waals surface area contributed by atoms with Crippen LogP contribution in [-0.2, 0) is 25.5 Å². The summed E-state index contributed by atoms with van der Waals surface area (Å²) >= 11 is 0. The van der Waals surface area contributed by atoms with Gasteiger partial charge in [-0.3, -0.25) is 24.2 Å². The molecule has 0 bridgehead atoms. The van der Waals surface area contributed by atoms with Crippen LogP contribution in [0.1, 0.15) is 36.3 Å². The van der Waals surface area contributed by atoms with Gasteiger partial charge in [0, 0.05) is 32.2 Å². The molecule has 5 N–H and O–H groups in total. The van der Waals surface area contributed by atoms with Crippen LogP contribution in [0.15, 0.2) is 42.9 Å². The molecule has 13 nitrogen and oxygen atoms in total. The molecule has 7 atom stereocenters. The fraction of sp³-hybridized carbons (Fsp3) is 0.481. The van der Waals surface area contributed by atoms with Crippen molar-refractivity contribution in [1.29, 1.82) is 0 Å². The first-order valence-electron chi connectivity index (χ1n) is 13.1. The van der Waals surface area contributed by atoms with E-state index in [0.717, 1.165) is 0 Å². The number of aliphatic hydroxyl groups is 1. The Labute approximate surface area is 231 Å². The summed E-state index contributed by atoms with van der Waals surface area (Å²) in [5.74, 6) is -4.00. The standard InChI is InChI=1S/C27H34N6O7/c1-14-23(35)17(12-16-6-4-9-28-13-16)31-24(36)20(32-25(37)21-18(34)7-5-10-29-21)15(2)30-26(38)22(19-8-11-40-19)33(3)27(14)39/h4-7,9-10,13-15,17,19-20,22-23,34-35H,8,11-12H2,1-3H3,(H,30,38)(H,31,36)(H,32,37)/t14-,15-,17+,19?,20+,22?,23+/m1/s1. The summed E-state index contributed by atoms with van der Waals surface area (Å²) in [7, 11) is 1.48. The van der Waals surface area contributed by atoms with Crippen LogP contribution in [0.5, 0.6) is 5.75 Å². The second-order valence-corrected chi connectivity index (χ2v) is 10.2. The molecule has 2 saturated heterocycles. The van der Waals surface area contributed by atoms with E-state index in [-0.39, 0.29) is 17.9 Å². The van der Waals surface area contributed by atoms with Gasteiger partial charge < -0.3 is 35.8 Å². The lowest BCUT2D eigenvalue weighted by molar-refractivity contribution is -0.159. The zero-order valence-electron chi connectivity index (χ0n) is 22.5. The number of nitrogens with one attached hydrogen (secondary N) is 3. The summed E-state index contributed by atoms with van der Waals surface area (Å²) in [5.41, 5.74) is 0.402. The molecule has 2 aliphatic rings. The summed E-state index contributed by atoms with van der Waals surface area (Å²) in [6, 6.07) is 1.94. The largest absolute Gasteiger partial charge is 0.505 e. The number of hydrogen-bond acceptors (Lipinski definition) is 9. The van der Waals surface area contributed by atoms with Crippen molar-refractivity contribution in [2.24, 2.45) is 5.92 Å². The molecule has 0 saturated carbocycles. The summed E-state index contributed by atoms with van der Waals surface area (Å²) in [6.45, 7) is 3.49. The molecular formula is C27H34N6O7. The number of rotatable bonds is 5. The first kappa shape index (κ1) is 28.9. The number of amides is 4. The lowest BCUT2D eigenvalue weighted by Crippen LogP contribution is -2.66. The van der Waals surface area contributed by atoms with Crippen LogP contribution in [0, 0.1) is 5.92 Å². The molecule has 0 aromatic carbocycles. The van der Waals surface area contributed by atoms with E-state index < -0.39 is 65.9 Å². The average Bonchev–Trinajstić information content (AvgIpc) is 2.91. The molecule has 2 unspecified atom stereocenters. The van der Waals surface area contributed by atoms with Gasteiger partial charge in [-0.05, 0) is 43.5 Å². The molecule has 4 amide bonds. The van der Waals surface area contributed by atoms with Crippen LogP contribution >= 0.6 is 0 Å². The molecule has 2 aromatic heterocycles. The van der Waals surface area contributed by atoms with Crippen molar-refractivity contribution < 1.29 is 34.1 Å². The third-order valence-corrected chi connectivity index (χ3v) is 7.38. The third kappa shape index (κ3) is 6.20. The average molecular weight is 555 g/mol. The Morgan fingerprint density at radius 1 is 1.15 bits per heavy atom. The zero-order chi connectivity index (χ0) is 29.0. The summed E-state index contributed by atoms with van der Waals surface area (Å²) < 4.78 is 5.56. The molecular weight excluding hydrogens is 520 g/mol. The Morgan fingerprint density at radius 3 is 2.50 bits per heavy atom. The second kappa shape index (κ2) is 12.4. The van der Waals surface area contributed by atoms with Crippen LogP contribution in [0.2, 0.25) is 0 Å². The predicted octanol–water partition coefficient (Wildman–Crippen LogP) is -0.861. The number of hydrogen-bond donors (Lipinski definition) is 5. The maximum absolute atomic E-state index is 13.7. The Morgan fingerprint density at radius 2 is 1.88 bits per heavy atom. The van der Waals surface area contributed by atoms with Crippen molar-refractivity contribution in [2.75, 3.05) is 13.7 Å². The fourth-order valence-electron chi connectivity index (χ4n) is 4.94. The normalized spacial score (nSPS) is 29.8. The number of likely N-dealkylation sites (N-methyl/N-ethyl adjacent to an activating group) is 1. The highest BCUT2D eigenvalue weighted by molar-refractivity contribution is 5.98. The van der Waals surface area contributed by atoms with Gasteiger partial charge in [0.15, 0.2) is 5.69 Å². The van der Waals surface area contributed by atoms with Gasteiger partial charge in [-0.15, -0.1) is 0 Å². The maximum Gasteiger partial charge on any atom is 0.274 e. The molecule has 2 fully saturated rings. The fourth-order valence-corrected chi connectivity index (χ4v) is 4.94. The number of carbonyl (C=O) groups is 4. The number of nitrogens with zero attached hydrogens (tertiary/aromatic N) is 3. The summed E-state index contributed by atoms with van der Waals surface area (Å²) in [4.78, 5) is 62.8. The molecule has 0 aliphatic carbocycles. The van der Waals surface area contributed by atoms with Crippen molar-refractivity contribution in [3.05, 3.63) is 54.1 Å². The van der Waals surface area contributed by atoms with Crippen LogP contribution < -0.4 is 16.0 Å². The molecule has 2 aromatic rings. The molecule has 4 rings (SSSR count). The molecule has 2 aliphatic heterocycles. The Bertz CT molecular complexity index is 1240. The van der Waals surface area contributed by atoms with Gasteiger partial charge >= 0.3 is 0 Å². The Hall–Kier alpha value is -4.10. The van der Waals surface area contributed by atoms with Gasteiger partial charge in [0.1, 0.15) is 17.8 Å². The van der Waals surface area contributed by atoms with Crippen molar-refractivity contribution >= 4 is 23.6 Å². The highest BCUT2D eigenvalue weighted by Crippen LogP contribution is 2.24. The third-order valence-electron chi connectivity index (χ3n) is 7.38. The van der Waals surface area contributed by atoms with Crippen molar-refractivity contribution in [1.82, 2.24) is 30.8 Å². The van der Waals surface area contributed by atoms with Gasteiger partial charge in [0.25, 0.3) is 5.91 Å². The quantitative estimate of drug-likeness (QED) is 0.314. The van der Waals surface area contributed by atoms with Crippen LogP contribution in [-0.4, -0.2) is 98.7 Å². The van der Waals surface area contributed by atoms with Crippen molar-refractivity contribution in [3.8, 4) is 5.75 Å². The van der Waals surface area contributed by atoms with Crippen molar-refractivity contribution in [3.63, 3.8) is 0 Å². The first-order valence-corrected chi connectivity index (χ1v) is 13.1. The van der Waals surface area contributed by atoms with Gasteiger partial charge in [-0.25, -0.2) is 4.98 Å². The van der Waals surface area contributed by atoms with E-state index in [2.05, 4.69) is 25.9 Å². The minimum atomic E-state index is -1.35.